The summed E-state index contributed by atoms with van der Waals surface area (Å²) in [6, 6.07) is 14.5. The maximum atomic E-state index is 13.6. The van der Waals surface area contributed by atoms with Gasteiger partial charge in [0.05, 0.1) is 18.3 Å². The lowest BCUT2D eigenvalue weighted by molar-refractivity contribution is 0.155. The van der Waals surface area contributed by atoms with E-state index >= 15 is 0 Å². The van der Waals surface area contributed by atoms with Crippen LogP contribution in [-0.2, 0) is 11.3 Å². The monoisotopic (exact) mass is 480 g/mol. The van der Waals surface area contributed by atoms with Gasteiger partial charge in [0.2, 0.25) is 5.62 Å². The van der Waals surface area contributed by atoms with E-state index < -0.39 is 29.8 Å². The van der Waals surface area contributed by atoms with Gasteiger partial charge >= 0.3 is 11.4 Å². The standard InChI is InChI=1S/C26H32N4O5/c1-15(2)34-21-12-10-20(11-13-21)27-24-28-25(32)30(18(5)17(4)22-23(31)35-22)26(33)29(24)14-19-8-6-16(3)7-9-19/h6-13,15,17-18,22-23,31H,14H2,1-5H3,(H,27,28,32)/t17-,18+,22?,23?/m0/s1. The lowest BCUT2D eigenvalue weighted by Crippen LogP contribution is -2.52. The molecule has 2 heterocycles. The van der Waals surface area contributed by atoms with Gasteiger partial charge in [-0.15, -0.1) is 0 Å². The molecule has 1 aromatic heterocycles. The molecule has 4 rings (SSSR count). The second-order valence-electron chi connectivity index (χ2n) is 9.34. The number of aryl methyl sites for hydroxylation is 1. The average Bonchev–Trinajstić information content (AvgIpc) is 3.54. The highest BCUT2D eigenvalue weighted by Gasteiger charge is 2.44. The molecule has 9 nitrogen and oxygen atoms in total. The number of hydrogen-bond donors (Lipinski definition) is 2. The molecule has 4 atom stereocenters. The van der Waals surface area contributed by atoms with Gasteiger partial charge in [-0.3, -0.25) is 9.55 Å². The summed E-state index contributed by atoms with van der Waals surface area (Å²) in [6.07, 6.45) is -1.22. The Bertz CT molecular complexity index is 1350. The normalized spacial score (nSPS) is 19.6. The summed E-state index contributed by atoms with van der Waals surface area (Å²) in [7, 11) is 0. The van der Waals surface area contributed by atoms with Crippen LogP contribution in [0.2, 0.25) is 0 Å². The van der Waals surface area contributed by atoms with E-state index in [0.717, 1.165) is 11.1 Å². The number of aliphatic hydroxyl groups is 1. The minimum absolute atomic E-state index is 0.0462. The van der Waals surface area contributed by atoms with Crippen molar-refractivity contribution < 1.29 is 14.6 Å². The first-order valence-corrected chi connectivity index (χ1v) is 11.8. The summed E-state index contributed by atoms with van der Waals surface area (Å²) in [5.41, 5.74) is 1.68. The number of H-pyrrole nitrogens is 1. The number of nitrogens with one attached hydrogen (secondary N) is 1. The van der Waals surface area contributed by atoms with Gasteiger partial charge in [0, 0.05) is 12.0 Å². The molecular formula is C26H32N4O5. The molecule has 0 aliphatic carbocycles. The number of ether oxygens (including phenoxy) is 2. The number of nitrogens with zero attached hydrogens (tertiary/aromatic N) is 3. The highest BCUT2D eigenvalue weighted by molar-refractivity contribution is 5.41. The van der Waals surface area contributed by atoms with Crippen molar-refractivity contribution >= 4 is 5.69 Å². The fraction of sp³-hybridized carbons (Fsp3) is 0.423. The number of aliphatic hydroxyl groups excluding tert-OH is 1. The van der Waals surface area contributed by atoms with Crippen LogP contribution in [0.3, 0.4) is 0 Å². The predicted molar refractivity (Wildman–Crippen MR) is 132 cm³/mol. The van der Waals surface area contributed by atoms with E-state index in [-0.39, 0.29) is 24.2 Å². The Labute approximate surface area is 203 Å². The molecular weight excluding hydrogens is 448 g/mol. The molecule has 1 saturated heterocycles. The Morgan fingerprint density at radius 2 is 1.69 bits per heavy atom. The molecule has 9 heteroatoms. The van der Waals surface area contributed by atoms with Gasteiger partial charge in [0.25, 0.3) is 0 Å². The molecule has 0 radical (unpaired) electrons. The zero-order chi connectivity index (χ0) is 25.3. The molecule has 186 valence electrons. The maximum absolute atomic E-state index is 13.6. The molecule has 0 amide bonds. The van der Waals surface area contributed by atoms with Crippen molar-refractivity contribution in [2.75, 3.05) is 0 Å². The topological polar surface area (TPSA) is 114 Å². The van der Waals surface area contributed by atoms with E-state index in [2.05, 4.69) is 9.98 Å². The van der Waals surface area contributed by atoms with Crippen LogP contribution in [0.15, 0.2) is 63.1 Å². The number of hydrogen-bond acceptors (Lipinski definition) is 6. The van der Waals surface area contributed by atoms with Crippen LogP contribution in [0.1, 0.15) is 44.9 Å². The fourth-order valence-corrected chi connectivity index (χ4v) is 4.00. The molecule has 2 unspecified atom stereocenters. The number of rotatable bonds is 8. The van der Waals surface area contributed by atoms with Crippen LogP contribution >= 0.6 is 0 Å². The Kier molecular flexibility index (Phi) is 7.09. The molecule has 2 N–H and O–H groups in total. The van der Waals surface area contributed by atoms with Gasteiger partial charge < -0.3 is 14.6 Å². The smallest absolute Gasteiger partial charge is 0.335 e. The molecule has 3 aromatic rings. The van der Waals surface area contributed by atoms with Crippen LogP contribution in [0.25, 0.3) is 0 Å². The molecule has 0 bridgehead atoms. The third-order valence-electron chi connectivity index (χ3n) is 6.22. The number of aromatic amines is 1. The Hall–Kier alpha value is -3.43. The second kappa shape index (κ2) is 10.1. The van der Waals surface area contributed by atoms with Gasteiger partial charge in [-0.25, -0.2) is 19.1 Å². The summed E-state index contributed by atoms with van der Waals surface area (Å²) in [6.45, 7) is 9.74. The van der Waals surface area contributed by atoms with Crippen molar-refractivity contribution in [3.05, 3.63) is 86.2 Å². The first kappa shape index (κ1) is 24.7. The van der Waals surface area contributed by atoms with Crippen LogP contribution in [0.4, 0.5) is 5.69 Å². The van der Waals surface area contributed by atoms with E-state index in [9.17, 15) is 14.7 Å². The Morgan fingerprint density at radius 1 is 1.06 bits per heavy atom. The molecule has 0 spiro atoms. The Morgan fingerprint density at radius 3 is 2.26 bits per heavy atom. The number of benzene rings is 2. The van der Waals surface area contributed by atoms with Gasteiger partial charge in [-0.05, 0) is 57.5 Å². The van der Waals surface area contributed by atoms with Crippen molar-refractivity contribution in [1.29, 1.82) is 0 Å². The molecule has 2 aromatic carbocycles. The SMILES string of the molecule is Cc1ccc(Cn2c(=O)n([C@H](C)[C@H](C)C3OC3O)c(=O)[nH]/c2=N\c2ccc(OC(C)C)cc2)cc1. The number of epoxide rings is 1. The van der Waals surface area contributed by atoms with Gasteiger partial charge in [-0.1, -0.05) is 36.8 Å². The lowest BCUT2D eigenvalue weighted by atomic mass is 10.00. The summed E-state index contributed by atoms with van der Waals surface area (Å²) in [5.74, 6) is 0.468. The van der Waals surface area contributed by atoms with E-state index in [4.69, 9.17) is 9.47 Å². The van der Waals surface area contributed by atoms with Gasteiger partial charge in [-0.2, -0.15) is 0 Å². The lowest BCUT2D eigenvalue weighted by Gasteiger charge is -2.21. The van der Waals surface area contributed by atoms with E-state index in [1.807, 2.05) is 52.0 Å². The van der Waals surface area contributed by atoms with Crippen molar-refractivity contribution in [2.24, 2.45) is 10.9 Å². The van der Waals surface area contributed by atoms with Crippen molar-refractivity contribution in [3.63, 3.8) is 0 Å². The highest BCUT2D eigenvalue weighted by Crippen LogP contribution is 2.33. The first-order chi connectivity index (χ1) is 16.6. The first-order valence-electron chi connectivity index (χ1n) is 11.8. The molecule has 1 aliphatic rings. The third kappa shape index (κ3) is 5.63. The van der Waals surface area contributed by atoms with E-state index in [1.165, 1.54) is 9.13 Å². The second-order valence-corrected chi connectivity index (χ2v) is 9.34. The van der Waals surface area contributed by atoms with Crippen molar-refractivity contribution in [2.45, 2.75) is 65.7 Å². The molecule has 0 saturated carbocycles. The third-order valence-corrected chi connectivity index (χ3v) is 6.22. The summed E-state index contributed by atoms with van der Waals surface area (Å²) >= 11 is 0. The van der Waals surface area contributed by atoms with Gasteiger partial charge in [0.15, 0.2) is 6.29 Å². The Balaban J connectivity index is 1.80. The van der Waals surface area contributed by atoms with Gasteiger partial charge in [0.1, 0.15) is 11.9 Å². The number of aromatic nitrogens is 3. The molecule has 1 fully saturated rings. The van der Waals surface area contributed by atoms with Crippen molar-refractivity contribution in [1.82, 2.24) is 14.1 Å². The van der Waals surface area contributed by atoms with E-state index in [1.54, 1.807) is 31.2 Å². The van der Waals surface area contributed by atoms with Crippen LogP contribution in [-0.4, -0.2) is 37.7 Å². The van der Waals surface area contributed by atoms with E-state index in [0.29, 0.717) is 11.4 Å². The minimum atomic E-state index is -0.862. The zero-order valence-electron chi connectivity index (χ0n) is 20.6. The average molecular weight is 481 g/mol. The summed E-state index contributed by atoms with van der Waals surface area (Å²) in [5, 5.41) is 9.65. The molecule has 1 aliphatic heterocycles. The van der Waals surface area contributed by atoms with Crippen LogP contribution in [0, 0.1) is 12.8 Å². The minimum Gasteiger partial charge on any atom is -0.491 e. The zero-order valence-corrected chi connectivity index (χ0v) is 20.6. The predicted octanol–water partition coefficient (Wildman–Crippen LogP) is 2.63. The maximum Gasteiger partial charge on any atom is 0.335 e. The fourth-order valence-electron chi connectivity index (χ4n) is 4.00. The largest absolute Gasteiger partial charge is 0.491 e. The molecule has 35 heavy (non-hydrogen) atoms. The van der Waals surface area contributed by atoms with Crippen LogP contribution < -0.4 is 21.7 Å². The summed E-state index contributed by atoms with van der Waals surface area (Å²) < 4.78 is 13.5. The van der Waals surface area contributed by atoms with Crippen LogP contribution in [0.5, 0.6) is 5.75 Å². The van der Waals surface area contributed by atoms with Crippen molar-refractivity contribution in [3.8, 4) is 5.75 Å². The summed E-state index contributed by atoms with van der Waals surface area (Å²) in [4.78, 5) is 34.1. The quantitative estimate of drug-likeness (QED) is 0.481. The highest BCUT2D eigenvalue weighted by atomic mass is 16.7.